The Morgan fingerprint density at radius 3 is 2.48 bits per heavy atom. The van der Waals surface area contributed by atoms with Gasteiger partial charge in [0.1, 0.15) is 5.75 Å². The van der Waals surface area contributed by atoms with Crippen molar-refractivity contribution in [3.63, 3.8) is 0 Å². The van der Waals surface area contributed by atoms with Crippen LogP contribution in [0.3, 0.4) is 0 Å². The molecule has 1 aromatic rings. The van der Waals surface area contributed by atoms with Crippen molar-refractivity contribution in [1.29, 1.82) is 0 Å². The molecule has 1 N–H and O–H groups in total. The Morgan fingerprint density at radius 2 is 1.81 bits per heavy atom. The molecule has 0 aromatic heterocycles. The van der Waals surface area contributed by atoms with Gasteiger partial charge in [-0.1, -0.05) is 50.8 Å². The lowest BCUT2D eigenvalue weighted by Crippen LogP contribution is -2.29. The monoisotopic (exact) mass is 289 g/mol. The predicted octanol–water partition coefficient (Wildman–Crippen LogP) is 5.10. The molecule has 0 saturated heterocycles. The fourth-order valence-corrected chi connectivity index (χ4v) is 3.50. The highest BCUT2D eigenvalue weighted by Crippen LogP contribution is 2.37. The van der Waals surface area contributed by atoms with Gasteiger partial charge < -0.3 is 10.1 Å². The summed E-state index contributed by atoms with van der Waals surface area (Å²) in [7, 11) is 0. The van der Waals surface area contributed by atoms with Crippen LogP contribution in [0.4, 0.5) is 0 Å². The zero-order valence-electron chi connectivity index (χ0n) is 13.7. The number of nitrogens with one attached hydrogen (secondary N) is 1. The van der Waals surface area contributed by atoms with E-state index < -0.39 is 0 Å². The van der Waals surface area contributed by atoms with Crippen molar-refractivity contribution in [3.05, 3.63) is 29.8 Å². The van der Waals surface area contributed by atoms with Gasteiger partial charge in [0, 0.05) is 11.6 Å². The maximum Gasteiger partial charge on any atom is 0.124 e. The molecule has 1 aromatic carbocycles. The van der Waals surface area contributed by atoms with Gasteiger partial charge in [-0.2, -0.15) is 0 Å². The molecule has 2 rings (SSSR count). The summed E-state index contributed by atoms with van der Waals surface area (Å²) >= 11 is 0. The minimum absolute atomic E-state index is 0.450. The van der Waals surface area contributed by atoms with Crippen LogP contribution in [0.25, 0.3) is 0 Å². The van der Waals surface area contributed by atoms with Crippen LogP contribution in [0.5, 0.6) is 5.75 Å². The summed E-state index contributed by atoms with van der Waals surface area (Å²) in [4.78, 5) is 0. The molecule has 21 heavy (non-hydrogen) atoms. The molecule has 1 saturated carbocycles. The second-order valence-corrected chi connectivity index (χ2v) is 6.15. The van der Waals surface area contributed by atoms with Crippen molar-refractivity contribution in [1.82, 2.24) is 5.32 Å². The summed E-state index contributed by atoms with van der Waals surface area (Å²) in [5, 5.41) is 3.80. The third-order valence-corrected chi connectivity index (χ3v) is 4.54. The first-order chi connectivity index (χ1) is 10.4. The van der Waals surface area contributed by atoms with Gasteiger partial charge in [-0.25, -0.2) is 0 Å². The molecular formula is C19H31NO. The van der Waals surface area contributed by atoms with Gasteiger partial charge in [0.25, 0.3) is 0 Å². The predicted molar refractivity (Wildman–Crippen MR) is 89.8 cm³/mol. The number of hydrogen-bond donors (Lipinski definition) is 1. The average Bonchev–Trinajstić information content (AvgIpc) is 2.79. The van der Waals surface area contributed by atoms with Crippen LogP contribution in [0.2, 0.25) is 0 Å². The Hall–Kier alpha value is -1.02. The second-order valence-electron chi connectivity index (χ2n) is 6.15. The summed E-state index contributed by atoms with van der Waals surface area (Å²) in [6.07, 6.45) is 9.45. The van der Waals surface area contributed by atoms with Crippen molar-refractivity contribution in [3.8, 4) is 5.75 Å². The third-order valence-electron chi connectivity index (χ3n) is 4.54. The van der Waals surface area contributed by atoms with Crippen LogP contribution in [0.15, 0.2) is 24.3 Å². The first kappa shape index (κ1) is 16.4. The molecule has 0 radical (unpaired) electrons. The van der Waals surface area contributed by atoms with E-state index in [1.54, 1.807) is 0 Å². The summed E-state index contributed by atoms with van der Waals surface area (Å²) in [6, 6.07) is 9.05. The minimum atomic E-state index is 0.450. The van der Waals surface area contributed by atoms with E-state index in [9.17, 15) is 0 Å². The fraction of sp³-hybridized carbons (Fsp3) is 0.684. The van der Waals surface area contributed by atoms with Crippen molar-refractivity contribution in [2.24, 2.45) is 5.92 Å². The second kappa shape index (κ2) is 9.09. The first-order valence-corrected chi connectivity index (χ1v) is 8.82. The zero-order valence-corrected chi connectivity index (χ0v) is 13.7. The van der Waals surface area contributed by atoms with Gasteiger partial charge in [0.05, 0.1) is 6.61 Å². The quantitative estimate of drug-likeness (QED) is 0.705. The highest BCUT2D eigenvalue weighted by Gasteiger charge is 2.25. The Kier molecular flexibility index (Phi) is 7.08. The molecule has 0 amide bonds. The van der Waals surface area contributed by atoms with Gasteiger partial charge >= 0.3 is 0 Å². The molecule has 2 heteroatoms. The molecule has 0 aliphatic heterocycles. The van der Waals surface area contributed by atoms with Gasteiger partial charge in [-0.05, 0) is 44.7 Å². The van der Waals surface area contributed by atoms with Gasteiger partial charge in [0.2, 0.25) is 0 Å². The van der Waals surface area contributed by atoms with E-state index in [1.807, 2.05) is 0 Å². The molecule has 0 bridgehead atoms. The van der Waals surface area contributed by atoms with E-state index in [0.29, 0.717) is 6.04 Å². The molecule has 1 aliphatic carbocycles. The summed E-state index contributed by atoms with van der Waals surface area (Å²) in [5.74, 6) is 1.82. The van der Waals surface area contributed by atoms with Crippen LogP contribution >= 0.6 is 0 Å². The number of benzene rings is 1. The van der Waals surface area contributed by atoms with Crippen LogP contribution < -0.4 is 10.1 Å². The van der Waals surface area contributed by atoms with Crippen molar-refractivity contribution >= 4 is 0 Å². The maximum atomic E-state index is 5.88. The highest BCUT2D eigenvalue weighted by molar-refractivity contribution is 5.36. The molecule has 1 fully saturated rings. The Balaban J connectivity index is 2.21. The highest BCUT2D eigenvalue weighted by atomic mass is 16.5. The molecule has 118 valence electrons. The molecule has 0 heterocycles. The lowest BCUT2D eigenvalue weighted by Gasteiger charge is -2.29. The first-order valence-electron chi connectivity index (χ1n) is 8.82. The SMILES string of the molecule is CCCNC(c1ccccc1OCC)C1CCCCCC1. The third kappa shape index (κ3) is 4.74. The fourth-order valence-electron chi connectivity index (χ4n) is 3.50. The minimum Gasteiger partial charge on any atom is -0.494 e. The van der Waals surface area contributed by atoms with E-state index in [-0.39, 0.29) is 0 Å². The number of rotatable bonds is 7. The molecule has 1 atom stereocenters. The van der Waals surface area contributed by atoms with Crippen molar-refractivity contribution < 1.29 is 4.74 Å². The molecule has 0 spiro atoms. The van der Waals surface area contributed by atoms with Crippen LogP contribution in [-0.2, 0) is 0 Å². The molecular weight excluding hydrogens is 258 g/mol. The Bertz CT molecular complexity index is 396. The van der Waals surface area contributed by atoms with Crippen LogP contribution in [0.1, 0.15) is 70.4 Å². The zero-order chi connectivity index (χ0) is 14.9. The Labute approximate surface area is 130 Å². The summed E-state index contributed by atoms with van der Waals surface area (Å²) in [6.45, 7) is 6.13. The smallest absolute Gasteiger partial charge is 0.124 e. The van der Waals surface area contributed by atoms with Gasteiger partial charge in [0.15, 0.2) is 0 Å². The van der Waals surface area contributed by atoms with Crippen molar-refractivity contribution in [2.45, 2.75) is 64.8 Å². The van der Waals surface area contributed by atoms with E-state index in [4.69, 9.17) is 4.74 Å². The normalized spacial score (nSPS) is 18.2. The van der Waals surface area contributed by atoms with E-state index in [1.165, 1.54) is 50.5 Å². The lowest BCUT2D eigenvalue weighted by molar-refractivity contribution is 0.297. The summed E-state index contributed by atoms with van der Waals surface area (Å²) < 4.78 is 5.88. The average molecular weight is 289 g/mol. The van der Waals surface area contributed by atoms with Crippen molar-refractivity contribution in [2.75, 3.05) is 13.2 Å². The van der Waals surface area contributed by atoms with Crippen LogP contribution in [0, 0.1) is 5.92 Å². The maximum absolute atomic E-state index is 5.88. The van der Waals surface area contributed by atoms with E-state index in [2.05, 4.69) is 43.4 Å². The topological polar surface area (TPSA) is 21.3 Å². The largest absolute Gasteiger partial charge is 0.494 e. The van der Waals surface area contributed by atoms with E-state index in [0.717, 1.165) is 24.8 Å². The van der Waals surface area contributed by atoms with Gasteiger partial charge in [-0.15, -0.1) is 0 Å². The molecule has 1 aliphatic rings. The Morgan fingerprint density at radius 1 is 1.10 bits per heavy atom. The summed E-state index contributed by atoms with van der Waals surface area (Å²) in [5.41, 5.74) is 1.36. The van der Waals surface area contributed by atoms with Crippen LogP contribution in [-0.4, -0.2) is 13.2 Å². The number of hydrogen-bond acceptors (Lipinski definition) is 2. The molecule has 2 nitrogen and oxygen atoms in total. The lowest BCUT2D eigenvalue weighted by atomic mass is 9.86. The molecule has 1 unspecified atom stereocenters. The van der Waals surface area contributed by atoms with E-state index >= 15 is 0 Å². The standard InChI is InChI=1S/C19H31NO/c1-3-15-20-19(16-11-7-5-6-8-12-16)17-13-9-10-14-18(17)21-4-2/h9-10,13-14,16,19-20H,3-8,11-12,15H2,1-2H3. The number of ether oxygens (including phenoxy) is 1. The number of para-hydroxylation sites is 1. The van der Waals surface area contributed by atoms with Gasteiger partial charge in [-0.3, -0.25) is 0 Å².